The predicted molar refractivity (Wildman–Crippen MR) is 110 cm³/mol. The molecule has 0 radical (unpaired) electrons. The van der Waals surface area contributed by atoms with Crippen LogP contribution in [0, 0.1) is 5.92 Å². The average Bonchev–Trinajstić information content (AvgIpc) is 3.03. The van der Waals surface area contributed by atoms with Crippen LogP contribution in [0.5, 0.6) is 0 Å². The first-order chi connectivity index (χ1) is 13.5. The number of nitrogens with one attached hydrogen (secondary N) is 2. The van der Waals surface area contributed by atoms with Crippen LogP contribution in [-0.2, 0) is 11.8 Å². The second kappa shape index (κ2) is 9.43. The lowest BCUT2D eigenvalue weighted by atomic mass is 9.86. The van der Waals surface area contributed by atoms with Gasteiger partial charge < -0.3 is 9.88 Å². The van der Waals surface area contributed by atoms with E-state index in [1.807, 2.05) is 25.2 Å². The number of aromatic nitrogens is 3. The van der Waals surface area contributed by atoms with E-state index in [0.29, 0.717) is 21.9 Å². The maximum Gasteiger partial charge on any atom is 0.321 e. The molecule has 0 saturated heterocycles. The van der Waals surface area contributed by atoms with E-state index in [1.54, 1.807) is 10.6 Å². The molecule has 1 aromatic carbocycles. The topological polar surface area (TPSA) is 88.9 Å². The SMILES string of the molecule is C[C@@H]1CCCC[C@H]1NC(=O)NC(=O)CSc1nnc(-c2ccccc2Cl)n1C. The van der Waals surface area contributed by atoms with Gasteiger partial charge in [0.1, 0.15) is 0 Å². The Labute approximate surface area is 173 Å². The molecule has 1 heterocycles. The number of imide groups is 1. The van der Waals surface area contributed by atoms with Gasteiger partial charge in [0, 0.05) is 18.7 Å². The molecule has 3 rings (SSSR count). The van der Waals surface area contributed by atoms with E-state index >= 15 is 0 Å². The molecule has 1 aliphatic rings. The lowest BCUT2D eigenvalue weighted by Crippen LogP contribution is -2.48. The van der Waals surface area contributed by atoms with Gasteiger partial charge >= 0.3 is 6.03 Å². The highest BCUT2D eigenvalue weighted by Crippen LogP contribution is 2.28. The number of carbonyl (C=O) groups is 2. The molecule has 9 heteroatoms. The normalized spacial score (nSPS) is 19.2. The predicted octanol–water partition coefficient (Wildman–Crippen LogP) is 3.63. The van der Waals surface area contributed by atoms with Crippen LogP contribution in [0.2, 0.25) is 5.02 Å². The molecule has 3 amide bonds. The quantitative estimate of drug-likeness (QED) is 0.719. The third-order valence-corrected chi connectivity index (χ3v) is 6.31. The van der Waals surface area contributed by atoms with Gasteiger partial charge in [0.25, 0.3) is 0 Å². The largest absolute Gasteiger partial charge is 0.335 e. The molecule has 150 valence electrons. The molecular formula is C19H24ClN5O2S. The van der Waals surface area contributed by atoms with E-state index in [9.17, 15) is 9.59 Å². The minimum absolute atomic E-state index is 0.0716. The van der Waals surface area contributed by atoms with Crippen LogP contribution < -0.4 is 10.6 Å². The van der Waals surface area contributed by atoms with Crippen molar-refractivity contribution in [2.24, 2.45) is 13.0 Å². The number of hydrogen-bond acceptors (Lipinski definition) is 5. The molecule has 0 unspecified atom stereocenters. The molecule has 0 bridgehead atoms. The minimum Gasteiger partial charge on any atom is -0.335 e. The smallest absolute Gasteiger partial charge is 0.321 e. The molecule has 2 atom stereocenters. The highest BCUT2D eigenvalue weighted by Gasteiger charge is 2.23. The third kappa shape index (κ3) is 5.05. The van der Waals surface area contributed by atoms with Crippen molar-refractivity contribution in [3.8, 4) is 11.4 Å². The molecule has 1 saturated carbocycles. The molecule has 1 aromatic heterocycles. The lowest BCUT2D eigenvalue weighted by Gasteiger charge is -2.29. The number of hydrogen-bond donors (Lipinski definition) is 2. The van der Waals surface area contributed by atoms with Gasteiger partial charge in [0.2, 0.25) is 5.91 Å². The van der Waals surface area contributed by atoms with Crippen molar-refractivity contribution in [1.82, 2.24) is 25.4 Å². The van der Waals surface area contributed by atoms with Gasteiger partial charge in [-0.15, -0.1) is 10.2 Å². The molecule has 7 nitrogen and oxygen atoms in total. The zero-order valence-electron chi connectivity index (χ0n) is 15.9. The summed E-state index contributed by atoms with van der Waals surface area (Å²) in [5, 5.41) is 14.8. The highest BCUT2D eigenvalue weighted by atomic mass is 35.5. The second-order valence-corrected chi connectivity index (χ2v) is 8.37. The summed E-state index contributed by atoms with van der Waals surface area (Å²) in [6.45, 7) is 2.13. The Bertz CT molecular complexity index is 857. The first kappa shape index (κ1) is 20.7. The van der Waals surface area contributed by atoms with Crippen LogP contribution in [-0.4, -0.2) is 38.5 Å². The Morgan fingerprint density at radius 1 is 1.25 bits per heavy atom. The molecule has 28 heavy (non-hydrogen) atoms. The van der Waals surface area contributed by atoms with Crippen molar-refractivity contribution < 1.29 is 9.59 Å². The lowest BCUT2D eigenvalue weighted by molar-refractivity contribution is -0.117. The van der Waals surface area contributed by atoms with Gasteiger partial charge in [0.15, 0.2) is 11.0 Å². The van der Waals surface area contributed by atoms with E-state index in [4.69, 9.17) is 11.6 Å². The summed E-state index contributed by atoms with van der Waals surface area (Å²) in [7, 11) is 1.82. The van der Waals surface area contributed by atoms with Crippen LogP contribution >= 0.6 is 23.4 Å². The fourth-order valence-corrected chi connectivity index (χ4v) is 4.28. The monoisotopic (exact) mass is 421 g/mol. The Morgan fingerprint density at radius 2 is 2.00 bits per heavy atom. The summed E-state index contributed by atoms with van der Waals surface area (Å²) >= 11 is 7.44. The minimum atomic E-state index is -0.431. The van der Waals surface area contributed by atoms with Gasteiger partial charge in [-0.2, -0.15) is 0 Å². The van der Waals surface area contributed by atoms with E-state index in [2.05, 4.69) is 27.8 Å². The maximum atomic E-state index is 12.1. The summed E-state index contributed by atoms with van der Waals surface area (Å²) in [6.07, 6.45) is 4.37. The van der Waals surface area contributed by atoms with Crippen LogP contribution in [0.15, 0.2) is 29.4 Å². The number of rotatable bonds is 5. The maximum absolute atomic E-state index is 12.1. The van der Waals surface area contributed by atoms with Gasteiger partial charge in [-0.05, 0) is 30.9 Å². The highest BCUT2D eigenvalue weighted by molar-refractivity contribution is 7.99. The van der Waals surface area contributed by atoms with Crippen molar-refractivity contribution >= 4 is 35.3 Å². The molecular weight excluding hydrogens is 398 g/mol. The first-order valence-electron chi connectivity index (χ1n) is 9.33. The molecule has 0 spiro atoms. The molecule has 2 aromatic rings. The van der Waals surface area contributed by atoms with Crippen LogP contribution in [0.25, 0.3) is 11.4 Å². The van der Waals surface area contributed by atoms with Crippen molar-refractivity contribution in [3.05, 3.63) is 29.3 Å². The van der Waals surface area contributed by atoms with Crippen molar-refractivity contribution in [3.63, 3.8) is 0 Å². The fraction of sp³-hybridized carbons (Fsp3) is 0.474. The van der Waals surface area contributed by atoms with Crippen LogP contribution in [0.3, 0.4) is 0 Å². The summed E-state index contributed by atoms with van der Waals surface area (Å²) in [5.41, 5.74) is 0.774. The first-order valence-corrected chi connectivity index (χ1v) is 10.7. The van der Waals surface area contributed by atoms with Gasteiger partial charge in [0.05, 0.1) is 10.8 Å². The standard InChI is InChI=1S/C19H24ClN5O2S/c1-12-7-3-6-10-15(12)21-18(27)22-16(26)11-28-19-24-23-17(25(19)2)13-8-4-5-9-14(13)20/h4-5,8-9,12,15H,3,6-7,10-11H2,1-2H3,(H2,21,22,26,27)/t12-,15-/m1/s1. The fourth-order valence-electron chi connectivity index (χ4n) is 3.35. The number of thioether (sulfide) groups is 1. The van der Waals surface area contributed by atoms with Gasteiger partial charge in [-0.25, -0.2) is 4.79 Å². The molecule has 1 aliphatic carbocycles. The van der Waals surface area contributed by atoms with Gasteiger partial charge in [-0.3, -0.25) is 10.1 Å². The van der Waals surface area contributed by atoms with Crippen molar-refractivity contribution in [2.75, 3.05) is 5.75 Å². The number of halogens is 1. The Kier molecular flexibility index (Phi) is 6.96. The molecule has 2 N–H and O–H groups in total. The van der Waals surface area contributed by atoms with Crippen LogP contribution in [0.1, 0.15) is 32.6 Å². The second-order valence-electron chi connectivity index (χ2n) is 7.02. The van der Waals surface area contributed by atoms with E-state index in [0.717, 1.165) is 24.8 Å². The van der Waals surface area contributed by atoms with E-state index in [1.165, 1.54) is 18.2 Å². The number of benzene rings is 1. The Balaban J connectivity index is 1.52. The molecule has 0 aliphatic heterocycles. The summed E-state index contributed by atoms with van der Waals surface area (Å²) < 4.78 is 1.78. The third-order valence-electron chi connectivity index (χ3n) is 4.96. The molecule has 1 fully saturated rings. The summed E-state index contributed by atoms with van der Waals surface area (Å²) in [5.74, 6) is 0.763. The summed E-state index contributed by atoms with van der Waals surface area (Å²) in [6, 6.07) is 7.08. The van der Waals surface area contributed by atoms with E-state index in [-0.39, 0.29) is 17.7 Å². The zero-order valence-corrected chi connectivity index (χ0v) is 17.5. The van der Waals surface area contributed by atoms with Crippen molar-refractivity contribution in [1.29, 1.82) is 0 Å². The average molecular weight is 422 g/mol. The number of urea groups is 1. The van der Waals surface area contributed by atoms with Crippen LogP contribution in [0.4, 0.5) is 4.79 Å². The number of nitrogens with zero attached hydrogens (tertiary/aromatic N) is 3. The summed E-state index contributed by atoms with van der Waals surface area (Å²) in [4.78, 5) is 24.2. The number of amides is 3. The Morgan fingerprint density at radius 3 is 2.75 bits per heavy atom. The van der Waals surface area contributed by atoms with Crippen molar-refractivity contribution in [2.45, 2.75) is 43.8 Å². The van der Waals surface area contributed by atoms with E-state index < -0.39 is 6.03 Å². The zero-order chi connectivity index (χ0) is 20.1. The van der Waals surface area contributed by atoms with Gasteiger partial charge in [-0.1, -0.05) is 55.3 Å². The Hall–Kier alpha value is -2.06. The number of carbonyl (C=O) groups excluding carboxylic acids is 2.